The number of carbonyl (C=O) groups is 1. The molecule has 0 aliphatic heterocycles. The Labute approximate surface area is 148 Å². The minimum atomic E-state index is -0.497. The van der Waals surface area contributed by atoms with Crippen molar-refractivity contribution in [1.82, 2.24) is 4.98 Å². The number of esters is 1. The second-order valence-electron chi connectivity index (χ2n) is 5.62. The Hall–Kier alpha value is -3.73. The van der Waals surface area contributed by atoms with Crippen LogP contribution in [0.2, 0.25) is 0 Å². The van der Waals surface area contributed by atoms with Crippen molar-refractivity contribution in [3.8, 4) is 17.0 Å². The van der Waals surface area contributed by atoms with Gasteiger partial charge in [0.15, 0.2) is 0 Å². The molecule has 5 heteroatoms. The number of benzene rings is 2. The molecule has 2 heterocycles. The van der Waals surface area contributed by atoms with Crippen molar-refractivity contribution in [3.63, 3.8) is 0 Å². The molecule has 5 nitrogen and oxygen atoms in total. The number of pyridine rings is 1. The summed E-state index contributed by atoms with van der Waals surface area (Å²) in [5.41, 5.74) is 1.21. The molecular formula is C21H13NO4. The summed E-state index contributed by atoms with van der Waals surface area (Å²) in [6.07, 6.45) is 1.62. The second-order valence-corrected chi connectivity index (χ2v) is 5.62. The van der Waals surface area contributed by atoms with Crippen molar-refractivity contribution in [3.05, 3.63) is 95.0 Å². The average molecular weight is 343 g/mol. The Morgan fingerprint density at radius 2 is 1.73 bits per heavy atom. The molecule has 0 aliphatic carbocycles. The average Bonchev–Trinajstić information content (AvgIpc) is 2.69. The van der Waals surface area contributed by atoms with Gasteiger partial charge in [-0.3, -0.25) is 4.98 Å². The van der Waals surface area contributed by atoms with Gasteiger partial charge in [0.05, 0.1) is 16.8 Å². The highest BCUT2D eigenvalue weighted by Gasteiger charge is 2.12. The number of nitrogens with zero attached hydrogens (tertiary/aromatic N) is 1. The van der Waals surface area contributed by atoms with Crippen LogP contribution in [-0.4, -0.2) is 11.0 Å². The van der Waals surface area contributed by atoms with E-state index in [1.165, 1.54) is 6.07 Å². The predicted octanol–water partition coefficient (Wildman–Crippen LogP) is 4.07. The molecule has 26 heavy (non-hydrogen) atoms. The SMILES string of the molecule is O=C(Oc1ccc2cc(-c3ccccn3)c(=O)oc2c1)c1ccccc1. The molecule has 2 aromatic heterocycles. The molecule has 0 spiro atoms. The van der Waals surface area contributed by atoms with E-state index in [4.69, 9.17) is 9.15 Å². The van der Waals surface area contributed by atoms with E-state index in [2.05, 4.69) is 4.98 Å². The molecule has 4 rings (SSSR count). The van der Waals surface area contributed by atoms with Crippen LogP contribution in [0, 0.1) is 0 Å². The lowest BCUT2D eigenvalue weighted by Gasteiger charge is -2.06. The highest BCUT2D eigenvalue weighted by atomic mass is 16.5. The molecule has 0 unspecified atom stereocenters. The van der Waals surface area contributed by atoms with Crippen molar-refractivity contribution >= 4 is 16.9 Å². The van der Waals surface area contributed by atoms with E-state index in [-0.39, 0.29) is 0 Å². The largest absolute Gasteiger partial charge is 0.423 e. The van der Waals surface area contributed by atoms with E-state index < -0.39 is 11.6 Å². The number of hydrogen-bond acceptors (Lipinski definition) is 5. The number of hydrogen-bond donors (Lipinski definition) is 0. The maximum absolute atomic E-state index is 12.3. The van der Waals surface area contributed by atoms with Crippen LogP contribution in [0.3, 0.4) is 0 Å². The summed E-state index contributed by atoms with van der Waals surface area (Å²) in [6.45, 7) is 0. The number of carbonyl (C=O) groups excluding carboxylic acids is 1. The smallest absolute Gasteiger partial charge is 0.345 e. The molecule has 126 valence electrons. The van der Waals surface area contributed by atoms with Gasteiger partial charge in [0.1, 0.15) is 11.3 Å². The number of aromatic nitrogens is 1. The second kappa shape index (κ2) is 6.64. The first-order chi connectivity index (χ1) is 12.7. The van der Waals surface area contributed by atoms with Gasteiger partial charge in [0.25, 0.3) is 0 Å². The van der Waals surface area contributed by atoms with Crippen molar-refractivity contribution in [1.29, 1.82) is 0 Å². The zero-order valence-corrected chi connectivity index (χ0v) is 13.6. The van der Waals surface area contributed by atoms with E-state index in [0.717, 1.165) is 0 Å². The number of ether oxygens (including phenoxy) is 1. The first kappa shape index (κ1) is 15.8. The molecule has 4 aromatic rings. The third-order valence-electron chi connectivity index (χ3n) is 3.87. The number of rotatable bonds is 3. The van der Waals surface area contributed by atoms with Crippen LogP contribution in [0.1, 0.15) is 10.4 Å². The fraction of sp³-hybridized carbons (Fsp3) is 0. The van der Waals surface area contributed by atoms with E-state index in [9.17, 15) is 9.59 Å². The Bertz CT molecular complexity index is 1130. The van der Waals surface area contributed by atoms with Crippen molar-refractivity contribution in [2.24, 2.45) is 0 Å². The summed E-state index contributed by atoms with van der Waals surface area (Å²) < 4.78 is 10.7. The van der Waals surface area contributed by atoms with Gasteiger partial charge in [-0.15, -0.1) is 0 Å². The lowest BCUT2D eigenvalue weighted by molar-refractivity contribution is 0.0735. The normalized spacial score (nSPS) is 10.6. The van der Waals surface area contributed by atoms with Gasteiger partial charge in [-0.25, -0.2) is 9.59 Å². The molecule has 0 saturated heterocycles. The lowest BCUT2D eigenvalue weighted by atomic mass is 10.1. The topological polar surface area (TPSA) is 69.4 Å². The summed E-state index contributed by atoms with van der Waals surface area (Å²) in [5.74, 6) is -0.169. The third kappa shape index (κ3) is 3.10. The minimum absolute atomic E-state index is 0.306. The highest BCUT2D eigenvalue weighted by molar-refractivity contribution is 5.91. The van der Waals surface area contributed by atoms with E-state index in [1.807, 2.05) is 6.07 Å². The van der Waals surface area contributed by atoms with Crippen molar-refractivity contribution < 1.29 is 13.9 Å². The molecule has 0 aliphatic rings. The van der Waals surface area contributed by atoms with Gasteiger partial charge in [-0.1, -0.05) is 24.3 Å². The Balaban J connectivity index is 1.68. The van der Waals surface area contributed by atoms with Crippen LogP contribution in [0.4, 0.5) is 0 Å². The van der Waals surface area contributed by atoms with Gasteiger partial charge in [0.2, 0.25) is 0 Å². The molecule has 0 amide bonds. The Morgan fingerprint density at radius 3 is 2.50 bits per heavy atom. The minimum Gasteiger partial charge on any atom is -0.423 e. The lowest BCUT2D eigenvalue weighted by Crippen LogP contribution is -2.08. The van der Waals surface area contributed by atoms with Gasteiger partial charge in [-0.2, -0.15) is 0 Å². The van der Waals surface area contributed by atoms with Crippen LogP contribution in [-0.2, 0) is 0 Å². The summed E-state index contributed by atoms with van der Waals surface area (Å²) in [5, 5.41) is 0.713. The van der Waals surface area contributed by atoms with Crippen LogP contribution in [0.15, 0.2) is 88.2 Å². The molecular weight excluding hydrogens is 330 g/mol. The molecule has 0 saturated carbocycles. The van der Waals surface area contributed by atoms with Gasteiger partial charge in [-0.05, 0) is 42.5 Å². The van der Waals surface area contributed by atoms with E-state index in [0.29, 0.717) is 33.5 Å². The van der Waals surface area contributed by atoms with Crippen LogP contribution >= 0.6 is 0 Å². The van der Waals surface area contributed by atoms with Crippen molar-refractivity contribution in [2.45, 2.75) is 0 Å². The Morgan fingerprint density at radius 1 is 0.923 bits per heavy atom. The maximum Gasteiger partial charge on any atom is 0.345 e. The Kier molecular flexibility index (Phi) is 4.03. The van der Waals surface area contributed by atoms with Crippen LogP contribution < -0.4 is 10.4 Å². The monoisotopic (exact) mass is 343 g/mol. The zero-order chi connectivity index (χ0) is 17.9. The van der Waals surface area contributed by atoms with Crippen LogP contribution in [0.25, 0.3) is 22.2 Å². The highest BCUT2D eigenvalue weighted by Crippen LogP contribution is 2.24. The third-order valence-corrected chi connectivity index (χ3v) is 3.87. The predicted molar refractivity (Wildman–Crippen MR) is 97.1 cm³/mol. The van der Waals surface area contributed by atoms with E-state index in [1.54, 1.807) is 66.9 Å². The van der Waals surface area contributed by atoms with Crippen molar-refractivity contribution in [2.75, 3.05) is 0 Å². The quantitative estimate of drug-likeness (QED) is 0.318. The molecule has 0 fully saturated rings. The molecule has 0 N–H and O–H groups in total. The standard InChI is InChI=1S/C21H13NO4/c23-20(14-6-2-1-3-7-14)25-16-10-9-15-12-17(18-8-4-5-11-22-18)21(24)26-19(15)13-16/h1-13H. The van der Waals surface area contributed by atoms with Gasteiger partial charge < -0.3 is 9.15 Å². The molecule has 2 aromatic carbocycles. The van der Waals surface area contributed by atoms with Gasteiger partial charge >= 0.3 is 11.6 Å². The summed E-state index contributed by atoms with van der Waals surface area (Å²) in [6, 6.07) is 20.6. The molecule has 0 radical (unpaired) electrons. The van der Waals surface area contributed by atoms with Gasteiger partial charge in [0, 0.05) is 17.6 Å². The fourth-order valence-electron chi connectivity index (χ4n) is 2.60. The first-order valence-electron chi connectivity index (χ1n) is 7.97. The summed E-state index contributed by atoms with van der Waals surface area (Å²) in [4.78, 5) is 28.6. The molecule has 0 atom stereocenters. The molecule has 0 bridgehead atoms. The van der Waals surface area contributed by atoms with Crippen LogP contribution in [0.5, 0.6) is 5.75 Å². The summed E-state index contributed by atoms with van der Waals surface area (Å²) >= 11 is 0. The summed E-state index contributed by atoms with van der Waals surface area (Å²) in [7, 11) is 0. The maximum atomic E-state index is 12.3. The first-order valence-corrected chi connectivity index (χ1v) is 7.97. The zero-order valence-electron chi connectivity index (χ0n) is 13.6. The fourth-order valence-corrected chi connectivity index (χ4v) is 2.60. The number of fused-ring (bicyclic) bond motifs is 1. The van der Waals surface area contributed by atoms with E-state index >= 15 is 0 Å².